The summed E-state index contributed by atoms with van der Waals surface area (Å²) in [6.45, 7) is 2.88. The maximum atomic E-state index is 4.25. The molecule has 3 heteroatoms. The van der Waals surface area contributed by atoms with Gasteiger partial charge in [-0.05, 0) is 40.5 Å². The molecule has 0 atom stereocenters. The highest BCUT2D eigenvalue weighted by molar-refractivity contribution is 9.10. The van der Waals surface area contributed by atoms with Crippen LogP contribution in [0.5, 0.6) is 0 Å². The number of rotatable bonds is 3. The second-order valence-corrected chi connectivity index (χ2v) is 4.53. The zero-order valence-corrected chi connectivity index (χ0v) is 10.7. The zero-order valence-electron chi connectivity index (χ0n) is 9.07. The summed E-state index contributed by atoms with van der Waals surface area (Å²) in [6, 6.07) is 12.4. The van der Waals surface area contributed by atoms with E-state index in [1.165, 1.54) is 11.1 Å². The summed E-state index contributed by atoms with van der Waals surface area (Å²) in [6.07, 6.45) is 1.78. The highest BCUT2D eigenvalue weighted by Gasteiger charge is 1.99. The maximum Gasteiger partial charge on any atom is 0.140 e. The number of pyridine rings is 1. The average molecular weight is 277 g/mol. The standard InChI is InChI=1S/C13H13BrN2/c1-10-4-6-11(7-5-10)9-16-13-12(14)3-2-8-15-13/h2-8H,9H2,1H3,(H,15,16). The van der Waals surface area contributed by atoms with E-state index >= 15 is 0 Å². The van der Waals surface area contributed by atoms with Gasteiger partial charge in [-0.2, -0.15) is 0 Å². The fourth-order valence-corrected chi connectivity index (χ4v) is 1.80. The Morgan fingerprint density at radius 2 is 1.94 bits per heavy atom. The van der Waals surface area contributed by atoms with Gasteiger partial charge in [0.05, 0.1) is 4.47 Å². The summed E-state index contributed by atoms with van der Waals surface area (Å²) in [4.78, 5) is 4.25. The van der Waals surface area contributed by atoms with Gasteiger partial charge in [0.1, 0.15) is 5.82 Å². The molecule has 0 bridgehead atoms. The first-order valence-corrected chi connectivity index (χ1v) is 5.95. The van der Waals surface area contributed by atoms with Crippen LogP contribution >= 0.6 is 15.9 Å². The zero-order chi connectivity index (χ0) is 11.4. The van der Waals surface area contributed by atoms with E-state index in [0.717, 1.165) is 16.8 Å². The van der Waals surface area contributed by atoms with Gasteiger partial charge in [0, 0.05) is 12.7 Å². The minimum absolute atomic E-state index is 0.788. The van der Waals surface area contributed by atoms with E-state index in [-0.39, 0.29) is 0 Å². The van der Waals surface area contributed by atoms with Crippen LogP contribution in [0.3, 0.4) is 0 Å². The van der Waals surface area contributed by atoms with Crippen LogP contribution in [0.4, 0.5) is 5.82 Å². The van der Waals surface area contributed by atoms with Gasteiger partial charge in [-0.3, -0.25) is 0 Å². The predicted octanol–water partition coefficient (Wildman–Crippen LogP) is 3.76. The van der Waals surface area contributed by atoms with E-state index in [1.807, 2.05) is 12.1 Å². The number of halogens is 1. The van der Waals surface area contributed by atoms with Crippen LogP contribution in [0.2, 0.25) is 0 Å². The van der Waals surface area contributed by atoms with Crippen molar-refractivity contribution in [2.24, 2.45) is 0 Å². The molecular formula is C13H13BrN2. The Hall–Kier alpha value is -1.35. The van der Waals surface area contributed by atoms with E-state index in [1.54, 1.807) is 6.20 Å². The molecular weight excluding hydrogens is 264 g/mol. The third-order valence-corrected chi connectivity index (χ3v) is 2.98. The molecule has 0 aliphatic carbocycles. The molecule has 0 spiro atoms. The van der Waals surface area contributed by atoms with Crippen molar-refractivity contribution in [2.75, 3.05) is 5.32 Å². The van der Waals surface area contributed by atoms with Gasteiger partial charge in [-0.15, -0.1) is 0 Å². The van der Waals surface area contributed by atoms with Crippen LogP contribution in [0.1, 0.15) is 11.1 Å². The van der Waals surface area contributed by atoms with E-state index in [4.69, 9.17) is 0 Å². The maximum absolute atomic E-state index is 4.25. The Bertz CT molecular complexity index is 466. The molecule has 16 heavy (non-hydrogen) atoms. The molecule has 2 aromatic rings. The highest BCUT2D eigenvalue weighted by atomic mass is 79.9. The van der Waals surface area contributed by atoms with Crippen molar-refractivity contribution in [1.82, 2.24) is 4.98 Å². The van der Waals surface area contributed by atoms with Crippen molar-refractivity contribution >= 4 is 21.7 Å². The lowest BCUT2D eigenvalue weighted by molar-refractivity contribution is 1.10. The van der Waals surface area contributed by atoms with Crippen LogP contribution in [-0.4, -0.2) is 4.98 Å². The fraction of sp³-hybridized carbons (Fsp3) is 0.154. The first-order valence-electron chi connectivity index (χ1n) is 5.15. The molecule has 0 aliphatic heterocycles. The van der Waals surface area contributed by atoms with E-state index in [2.05, 4.69) is 57.4 Å². The van der Waals surface area contributed by atoms with Crippen molar-refractivity contribution in [2.45, 2.75) is 13.5 Å². The summed E-state index contributed by atoms with van der Waals surface area (Å²) in [5.41, 5.74) is 2.53. The van der Waals surface area contributed by atoms with Crippen LogP contribution in [0.15, 0.2) is 47.1 Å². The van der Waals surface area contributed by atoms with Gasteiger partial charge >= 0.3 is 0 Å². The summed E-state index contributed by atoms with van der Waals surface area (Å²) < 4.78 is 0.988. The van der Waals surface area contributed by atoms with Crippen LogP contribution < -0.4 is 5.32 Å². The summed E-state index contributed by atoms with van der Waals surface area (Å²) >= 11 is 3.46. The molecule has 82 valence electrons. The molecule has 2 nitrogen and oxygen atoms in total. The number of nitrogens with one attached hydrogen (secondary N) is 1. The molecule has 0 fully saturated rings. The van der Waals surface area contributed by atoms with Gasteiger partial charge < -0.3 is 5.32 Å². The second kappa shape index (κ2) is 5.12. The predicted molar refractivity (Wildman–Crippen MR) is 70.4 cm³/mol. The van der Waals surface area contributed by atoms with Crippen LogP contribution in [0, 0.1) is 6.92 Å². The van der Waals surface area contributed by atoms with Crippen molar-refractivity contribution < 1.29 is 0 Å². The fourth-order valence-electron chi connectivity index (χ4n) is 1.41. The Morgan fingerprint density at radius 1 is 1.19 bits per heavy atom. The quantitative estimate of drug-likeness (QED) is 0.923. The number of benzene rings is 1. The first kappa shape index (κ1) is 11.1. The van der Waals surface area contributed by atoms with Crippen LogP contribution in [-0.2, 0) is 6.54 Å². The van der Waals surface area contributed by atoms with Crippen molar-refractivity contribution in [1.29, 1.82) is 0 Å². The largest absolute Gasteiger partial charge is 0.365 e. The third kappa shape index (κ3) is 2.83. The minimum Gasteiger partial charge on any atom is -0.365 e. The first-order chi connectivity index (χ1) is 7.75. The molecule has 1 heterocycles. The minimum atomic E-state index is 0.788. The summed E-state index contributed by atoms with van der Waals surface area (Å²) in [5.74, 6) is 0.878. The molecule has 0 saturated carbocycles. The second-order valence-electron chi connectivity index (χ2n) is 3.67. The van der Waals surface area contributed by atoms with Gasteiger partial charge in [-0.1, -0.05) is 29.8 Å². The Morgan fingerprint density at radius 3 is 2.62 bits per heavy atom. The summed E-state index contributed by atoms with van der Waals surface area (Å²) in [7, 11) is 0. The molecule has 0 amide bonds. The lowest BCUT2D eigenvalue weighted by atomic mass is 10.1. The van der Waals surface area contributed by atoms with Crippen molar-refractivity contribution in [3.8, 4) is 0 Å². The van der Waals surface area contributed by atoms with E-state index < -0.39 is 0 Å². The topological polar surface area (TPSA) is 24.9 Å². The molecule has 1 aromatic heterocycles. The van der Waals surface area contributed by atoms with E-state index in [0.29, 0.717) is 0 Å². The Balaban J connectivity index is 2.02. The molecule has 0 saturated heterocycles. The highest BCUT2D eigenvalue weighted by Crippen LogP contribution is 2.18. The number of aromatic nitrogens is 1. The molecule has 0 unspecified atom stereocenters. The number of nitrogens with zero attached hydrogens (tertiary/aromatic N) is 1. The Kier molecular flexibility index (Phi) is 3.57. The molecule has 0 radical (unpaired) electrons. The SMILES string of the molecule is Cc1ccc(CNc2ncccc2Br)cc1. The molecule has 0 aliphatic rings. The molecule has 2 rings (SSSR count). The van der Waals surface area contributed by atoms with Crippen LogP contribution in [0.25, 0.3) is 0 Å². The monoisotopic (exact) mass is 276 g/mol. The van der Waals surface area contributed by atoms with Crippen molar-refractivity contribution in [3.05, 3.63) is 58.2 Å². The number of aryl methyl sites for hydroxylation is 1. The van der Waals surface area contributed by atoms with Gasteiger partial charge in [-0.25, -0.2) is 4.98 Å². The Labute approximate surface area is 104 Å². The average Bonchev–Trinajstić information content (AvgIpc) is 2.30. The molecule has 1 aromatic carbocycles. The normalized spacial score (nSPS) is 10.1. The van der Waals surface area contributed by atoms with Gasteiger partial charge in [0.15, 0.2) is 0 Å². The lowest BCUT2D eigenvalue weighted by Crippen LogP contribution is -2.01. The smallest absolute Gasteiger partial charge is 0.140 e. The third-order valence-electron chi connectivity index (χ3n) is 2.34. The molecule has 1 N–H and O–H groups in total. The number of hydrogen-bond donors (Lipinski definition) is 1. The number of anilines is 1. The van der Waals surface area contributed by atoms with Gasteiger partial charge in [0.2, 0.25) is 0 Å². The summed E-state index contributed by atoms with van der Waals surface area (Å²) in [5, 5.41) is 3.29. The van der Waals surface area contributed by atoms with Crippen molar-refractivity contribution in [3.63, 3.8) is 0 Å². The number of hydrogen-bond acceptors (Lipinski definition) is 2. The van der Waals surface area contributed by atoms with Gasteiger partial charge in [0.25, 0.3) is 0 Å². The lowest BCUT2D eigenvalue weighted by Gasteiger charge is -2.07. The van der Waals surface area contributed by atoms with E-state index in [9.17, 15) is 0 Å².